The summed E-state index contributed by atoms with van der Waals surface area (Å²) < 4.78 is 0. The summed E-state index contributed by atoms with van der Waals surface area (Å²) in [5, 5.41) is 0. The highest BCUT2D eigenvalue weighted by Gasteiger charge is 1.99. The van der Waals surface area contributed by atoms with Gasteiger partial charge in [-0.05, 0) is 30.5 Å². The molecule has 2 heteroatoms. The molecule has 18 heavy (non-hydrogen) atoms. The molecule has 0 amide bonds. The van der Waals surface area contributed by atoms with E-state index in [1.165, 1.54) is 50.5 Å². The van der Waals surface area contributed by atoms with Crippen molar-refractivity contribution >= 4 is 11.4 Å². The van der Waals surface area contributed by atoms with Crippen molar-refractivity contribution in [3.63, 3.8) is 0 Å². The van der Waals surface area contributed by atoms with Crippen LogP contribution in [0, 0.1) is 6.92 Å². The summed E-state index contributed by atoms with van der Waals surface area (Å²) in [6.45, 7) is 3.86. The third kappa shape index (κ3) is 5.95. The largest absolute Gasteiger partial charge is 0.399 e. The Balaban J connectivity index is 2.07. The molecule has 0 fully saturated rings. The lowest BCUT2D eigenvalue weighted by Gasteiger charge is -2.06. The molecular formula is C16H27N2. The van der Waals surface area contributed by atoms with Crippen molar-refractivity contribution in [1.29, 1.82) is 0 Å². The second kappa shape index (κ2) is 8.84. The number of hydrogen-bond acceptors (Lipinski definition) is 2. The van der Waals surface area contributed by atoms with Gasteiger partial charge >= 0.3 is 0 Å². The molecule has 0 aliphatic rings. The molecule has 1 rings (SSSR count). The molecule has 101 valence electrons. The molecule has 0 aromatic heterocycles. The Hall–Kier alpha value is -1.18. The first-order chi connectivity index (χ1) is 8.74. The summed E-state index contributed by atoms with van der Waals surface area (Å²) in [6.07, 6.45) is 11.4. The molecule has 2 nitrogen and oxygen atoms in total. The van der Waals surface area contributed by atoms with Gasteiger partial charge in [0.05, 0.1) is 0 Å². The van der Waals surface area contributed by atoms with Crippen LogP contribution in [-0.4, -0.2) is 0 Å². The zero-order valence-corrected chi connectivity index (χ0v) is 11.5. The molecule has 1 aromatic carbocycles. The minimum Gasteiger partial charge on any atom is -0.399 e. The molecule has 0 saturated carbocycles. The smallest absolute Gasteiger partial charge is 0.0367 e. The van der Waals surface area contributed by atoms with Crippen LogP contribution < -0.4 is 11.5 Å². The summed E-state index contributed by atoms with van der Waals surface area (Å²) in [5.74, 6) is 0. The normalized spacial score (nSPS) is 10.7. The molecule has 0 aliphatic carbocycles. The first-order valence-electron chi connectivity index (χ1n) is 7.17. The van der Waals surface area contributed by atoms with E-state index >= 15 is 0 Å². The van der Waals surface area contributed by atoms with Crippen molar-refractivity contribution in [3.05, 3.63) is 30.7 Å². The van der Waals surface area contributed by atoms with Gasteiger partial charge in [0, 0.05) is 11.4 Å². The van der Waals surface area contributed by atoms with Crippen molar-refractivity contribution in [3.8, 4) is 0 Å². The quantitative estimate of drug-likeness (QED) is 0.503. The predicted octanol–water partition coefficient (Wildman–Crippen LogP) is 4.35. The number of aryl methyl sites for hydroxylation is 1. The lowest BCUT2D eigenvalue weighted by molar-refractivity contribution is 0.581. The monoisotopic (exact) mass is 247 g/mol. The molecular weight excluding hydrogens is 220 g/mol. The maximum atomic E-state index is 5.93. The number of hydrogen-bond donors (Lipinski definition) is 2. The Morgan fingerprint density at radius 3 is 2.06 bits per heavy atom. The average molecular weight is 247 g/mol. The lowest BCUT2D eigenvalue weighted by Crippen LogP contribution is -1.96. The van der Waals surface area contributed by atoms with Crippen LogP contribution in [0.2, 0.25) is 0 Å². The Morgan fingerprint density at radius 2 is 1.44 bits per heavy atom. The van der Waals surface area contributed by atoms with Gasteiger partial charge in [0.15, 0.2) is 0 Å². The predicted molar refractivity (Wildman–Crippen MR) is 81.3 cm³/mol. The van der Waals surface area contributed by atoms with Gasteiger partial charge in [-0.2, -0.15) is 0 Å². The molecule has 1 aromatic rings. The minimum absolute atomic E-state index is 0.752. The van der Waals surface area contributed by atoms with Gasteiger partial charge in [0.2, 0.25) is 0 Å². The number of benzene rings is 1. The highest BCUT2D eigenvalue weighted by atomic mass is 14.6. The molecule has 4 N–H and O–H groups in total. The van der Waals surface area contributed by atoms with E-state index in [4.69, 9.17) is 11.5 Å². The molecule has 0 saturated heterocycles. The maximum Gasteiger partial charge on any atom is 0.0367 e. The van der Waals surface area contributed by atoms with Crippen LogP contribution in [0.4, 0.5) is 11.4 Å². The summed E-state index contributed by atoms with van der Waals surface area (Å²) in [5.41, 5.74) is 14.4. The van der Waals surface area contributed by atoms with Gasteiger partial charge in [-0.15, -0.1) is 0 Å². The maximum absolute atomic E-state index is 5.93. The van der Waals surface area contributed by atoms with Crippen LogP contribution in [0.5, 0.6) is 0 Å². The minimum atomic E-state index is 0.752. The number of nitrogens with two attached hydrogens (primary N) is 2. The summed E-state index contributed by atoms with van der Waals surface area (Å²) in [4.78, 5) is 0. The summed E-state index contributed by atoms with van der Waals surface area (Å²) >= 11 is 0. The van der Waals surface area contributed by atoms with Crippen molar-refractivity contribution in [1.82, 2.24) is 0 Å². The van der Waals surface area contributed by atoms with Gasteiger partial charge < -0.3 is 11.5 Å². The Bertz CT molecular complexity index is 334. The van der Waals surface area contributed by atoms with E-state index in [1.807, 2.05) is 12.1 Å². The van der Waals surface area contributed by atoms with Gasteiger partial charge in [0.25, 0.3) is 0 Å². The standard InChI is InChI=1S/C16H27N2/c1-2-3-4-5-6-7-8-9-10-14-11-12-15(17)13-16(14)18/h11-13H,1-10,17-18H2. The number of rotatable bonds is 9. The highest BCUT2D eigenvalue weighted by molar-refractivity contribution is 5.56. The lowest BCUT2D eigenvalue weighted by atomic mass is 10.0. The third-order valence-electron chi connectivity index (χ3n) is 3.37. The second-order valence-electron chi connectivity index (χ2n) is 5.04. The Labute approximate surface area is 112 Å². The zero-order valence-electron chi connectivity index (χ0n) is 11.5. The van der Waals surface area contributed by atoms with E-state index in [1.54, 1.807) is 0 Å². The van der Waals surface area contributed by atoms with Crippen LogP contribution in [0.3, 0.4) is 0 Å². The summed E-state index contributed by atoms with van der Waals surface area (Å²) in [6, 6.07) is 5.84. The van der Waals surface area contributed by atoms with E-state index in [9.17, 15) is 0 Å². The van der Waals surface area contributed by atoms with Gasteiger partial charge in [-0.3, -0.25) is 0 Å². The van der Waals surface area contributed by atoms with Crippen LogP contribution in [0.15, 0.2) is 18.2 Å². The number of nitrogen functional groups attached to an aromatic ring is 2. The average Bonchev–Trinajstić information content (AvgIpc) is 2.35. The second-order valence-corrected chi connectivity index (χ2v) is 5.04. The highest BCUT2D eigenvalue weighted by Crippen LogP contribution is 2.18. The summed E-state index contributed by atoms with van der Waals surface area (Å²) in [7, 11) is 0. The van der Waals surface area contributed by atoms with E-state index < -0.39 is 0 Å². The Kier molecular flexibility index (Phi) is 7.31. The van der Waals surface area contributed by atoms with E-state index in [0.717, 1.165) is 24.2 Å². The molecule has 0 bridgehead atoms. The molecule has 1 radical (unpaired) electrons. The first-order valence-corrected chi connectivity index (χ1v) is 7.17. The van der Waals surface area contributed by atoms with Crippen molar-refractivity contribution in [2.75, 3.05) is 11.5 Å². The number of anilines is 2. The molecule has 0 aliphatic heterocycles. The van der Waals surface area contributed by atoms with Crippen molar-refractivity contribution < 1.29 is 0 Å². The van der Waals surface area contributed by atoms with Crippen LogP contribution in [0.25, 0.3) is 0 Å². The van der Waals surface area contributed by atoms with Crippen molar-refractivity contribution in [2.24, 2.45) is 0 Å². The molecule has 0 spiro atoms. The first kappa shape index (κ1) is 14.9. The van der Waals surface area contributed by atoms with Crippen LogP contribution >= 0.6 is 0 Å². The molecule has 0 atom stereocenters. The fourth-order valence-electron chi connectivity index (χ4n) is 2.22. The van der Waals surface area contributed by atoms with E-state index in [-0.39, 0.29) is 0 Å². The van der Waals surface area contributed by atoms with E-state index in [0.29, 0.717) is 0 Å². The molecule has 0 heterocycles. The van der Waals surface area contributed by atoms with Crippen LogP contribution in [-0.2, 0) is 6.42 Å². The van der Waals surface area contributed by atoms with Crippen molar-refractivity contribution in [2.45, 2.75) is 57.8 Å². The SMILES string of the molecule is [CH2]CCCCCCCCCc1ccc(N)cc1N. The van der Waals surface area contributed by atoms with E-state index in [2.05, 4.69) is 13.0 Å². The Morgan fingerprint density at radius 1 is 0.833 bits per heavy atom. The van der Waals surface area contributed by atoms with Gasteiger partial charge in [-0.25, -0.2) is 0 Å². The van der Waals surface area contributed by atoms with Crippen LogP contribution in [0.1, 0.15) is 56.9 Å². The number of unbranched alkanes of at least 4 members (excludes halogenated alkanes) is 7. The third-order valence-corrected chi connectivity index (χ3v) is 3.37. The fourth-order valence-corrected chi connectivity index (χ4v) is 2.22. The fraction of sp³-hybridized carbons (Fsp3) is 0.562. The molecule has 0 unspecified atom stereocenters. The zero-order chi connectivity index (χ0) is 13.2. The topological polar surface area (TPSA) is 52.0 Å². The van der Waals surface area contributed by atoms with Gasteiger partial charge in [-0.1, -0.05) is 57.9 Å². The van der Waals surface area contributed by atoms with Gasteiger partial charge in [0.1, 0.15) is 0 Å².